The van der Waals surface area contributed by atoms with Crippen molar-refractivity contribution >= 4 is 40.1 Å². The normalized spacial score (nSPS) is 18.8. The van der Waals surface area contributed by atoms with E-state index >= 15 is 0 Å². The van der Waals surface area contributed by atoms with Crippen molar-refractivity contribution in [3.05, 3.63) is 48.0 Å². The van der Waals surface area contributed by atoms with Crippen LogP contribution < -0.4 is 10.6 Å². The van der Waals surface area contributed by atoms with Crippen molar-refractivity contribution in [3.8, 4) is 12.3 Å². The van der Waals surface area contributed by atoms with E-state index in [0.29, 0.717) is 26.2 Å². The van der Waals surface area contributed by atoms with Gasteiger partial charge in [0.2, 0.25) is 11.8 Å². The Morgan fingerprint density at radius 1 is 1.05 bits per heavy atom. The van der Waals surface area contributed by atoms with Crippen LogP contribution in [-0.2, 0) is 25.9 Å². The van der Waals surface area contributed by atoms with E-state index in [4.69, 9.17) is 11.5 Å². The highest BCUT2D eigenvalue weighted by atomic mass is 32.2. The number of hydrogen-bond acceptors (Lipinski definition) is 8. The molecule has 2 aromatic rings. The van der Waals surface area contributed by atoms with Crippen molar-refractivity contribution in [1.82, 2.24) is 29.0 Å². The molecule has 4 rings (SSSR count). The maximum Gasteiger partial charge on any atom is 0.317 e. The number of piperidine rings is 1. The zero-order valence-electron chi connectivity index (χ0n) is 24.0. The summed E-state index contributed by atoms with van der Waals surface area (Å²) in [4.78, 5) is 40.2. The van der Waals surface area contributed by atoms with Crippen LogP contribution in [0.2, 0.25) is 0 Å². The lowest BCUT2D eigenvalue weighted by Crippen LogP contribution is -2.58. The van der Waals surface area contributed by atoms with Gasteiger partial charge < -0.3 is 20.3 Å². The lowest BCUT2D eigenvalue weighted by atomic mass is 9.96. The first-order valence-electron chi connectivity index (χ1n) is 14.3. The van der Waals surface area contributed by atoms with Crippen LogP contribution >= 0.6 is 0 Å². The average molecular weight is 597 g/mol. The molecule has 42 heavy (non-hydrogen) atoms. The minimum atomic E-state index is -1.60. The minimum absolute atomic E-state index is 0.0539. The van der Waals surface area contributed by atoms with Gasteiger partial charge in [0.05, 0.1) is 38.8 Å². The topological polar surface area (TPSA) is 132 Å². The smallest absolute Gasteiger partial charge is 0.317 e. The summed E-state index contributed by atoms with van der Waals surface area (Å²) < 4.78 is 17.4. The highest BCUT2D eigenvalue weighted by Crippen LogP contribution is 2.31. The number of benzene rings is 2. The molecule has 11 nitrogen and oxygen atoms in total. The number of hydrogen-bond donors (Lipinski definition) is 3. The third-order valence-corrected chi connectivity index (χ3v) is 9.61. The lowest BCUT2D eigenvalue weighted by molar-refractivity contribution is -0.138. The summed E-state index contributed by atoms with van der Waals surface area (Å²) in [6, 6.07) is 14.9. The van der Waals surface area contributed by atoms with Gasteiger partial charge in [0.25, 0.3) is 0 Å². The Bertz CT molecular complexity index is 1270. The van der Waals surface area contributed by atoms with E-state index < -0.39 is 23.4 Å². The molecule has 2 saturated heterocycles. The number of carbonyl (C=O) groups excluding carboxylic acids is 2. The predicted molar refractivity (Wildman–Crippen MR) is 162 cm³/mol. The lowest BCUT2D eigenvalue weighted by Gasteiger charge is -2.42. The molecule has 0 saturated carbocycles. The number of likely N-dealkylation sites (tertiary alicyclic amines) is 1. The SMILES string of the molecule is C#CCNC(=O)CNC(=O)CN(C1CCN(C(C)c2cccc3ccccc23)CC1)[S+]([O-])N1CCN(CC(=O)O)CC1. The summed E-state index contributed by atoms with van der Waals surface area (Å²) in [5.74, 6) is 0.645. The van der Waals surface area contributed by atoms with Crippen molar-refractivity contribution in [2.24, 2.45) is 0 Å². The highest BCUT2D eigenvalue weighted by Gasteiger charge is 2.39. The van der Waals surface area contributed by atoms with Gasteiger partial charge in [0.15, 0.2) is 0 Å². The zero-order valence-corrected chi connectivity index (χ0v) is 24.9. The highest BCUT2D eigenvalue weighted by molar-refractivity contribution is 7.86. The van der Waals surface area contributed by atoms with Gasteiger partial charge in [0, 0.05) is 32.2 Å². The minimum Gasteiger partial charge on any atom is -0.578 e. The van der Waals surface area contributed by atoms with Gasteiger partial charge >= 0.3 is 5.97 Å². The second kappa shape index (κ2) is 15.3. The number of aliphatic carboxylic acids is 1. The number of carboxylic acid groups (broad SMARTS) is 1. The van der Waals surface area contributed by atoms with Crippen LogP contribution in [0.4, 0.5) is 0 Å². The molecule has 2 atom stereocenters. The summed E-state index contributed by atoms with van der Waals surface area (Å²) in [5, 5.41) is 16.7. The standard InChI is InChI=1S/C30H40N6O5S/c1-3-13-31-28(37)20-32-29(38)21-36(42(41)35-18-16-33(17-19-35)22-30(39)40)25-11-14-34(15-12-25)23(2)26-10-6-8-24-7-4-5-9-27(24)26/h1,4-10,23,25H,11-22H2,2H3,(H,31,37)(H,32,38)(H,39,40). The number of nitrogens with one attached hydrogen (secondary N) is 2. The predicted octanol–water partition coefficient (Wildman–Crippen LogP) is 0.814. The fourth-order valence-electron chi connectivity index (χ4n) is 5.66. The Morgan fingerprint density at radius 2 is 1.74 bits per heavy atom. The van der Waals surface area contributed by atoms with Gasteiger partial charge in [-0.25, -0.2) is 0 Å². The number of nitrogens with zero attached hydrogens (tertiary/aromatic N) is 4. The molecule has 2 aliphatic rings. The van der Waals surface area contributed by atoms with E-state index in [1.54, 1.807) is 8.61 Å². The average Bonchev–Trinajstić information content (AvgIpc) is 3.01. The quantitative estimate of drug-likeness (QED) is 0.241. The Labute approximate surface area is 250 Å². The van der Waals surface area contributed by atoms with Gasteiger partial charge in [-0.05, 0) is 36.1 Å². The molecule has 0 aliphatic carbocycles. The Balaban J connectivity index is 1.41. The first-order valence-corrected chi connectivity index (χ1v) is 15.4. The Hall–Kier alpha value is -3.18. The van der Waals surface area contributed by atoms with Crippen LogP contribution in [0.15, 0.2) is 42.5 Å². The fourth-order valence-corrected chi connectivity index (χ4v) is 7.12. The number of fused-ring (bicyclic) bond motifs is 1. The number of carbonyl (C=O) groups is 3. The number of carboxylic acids is 1. The van der Waals surface area contributed by atoms with Gasteiger partial charge in [0.1, 0.15) is 18.1 Å². The van der Waals surface area contributed by atoms with Crippen LogP contribution in [0.5, 0.6) is 0 Å². The first kappa shape index (κ1) is 31.7. The molecule has 0 aromatic heterocycles. The van der Waals surface area contributed by atoms with Crippen LogP contribution in [0.25, 0.3) is 10.8 Å². The summed E-state index contributed by atoms with van der Waals surface area (Å²) in [6.45, 7) is 5.31. The maximum atomic E-state index is 13.9. The second-order valence-corrected chi connectivity index (χ2v) is 12.1. The van der Waals surface area contributed by atoms with Gasteiger partial charge in [-0.2, -0.15) is 0 Å². The van der Waals surface area contributed by atoms with E-state index in [0.717, 1.165) is 25.9 Å². The van der Waals surface area contributed by atoms with Crippen molar-refractivity contribution < 1.29 is 24.0 Å². The largest absolute Gasteiger partial charge is 0.578 e. The van der Waals surface area contributed by atoms with Crippen LogP contribution in [0.3, 0.4) is 0 Å². The van der Waals surface area contributed by atoms with Gasteiger partial charge in [-0.1, -0.05) is 52.7 Å². The van der Waals surface area contributed by atoms with Crippen LogP contribution in [-0.4, -0.2) is 117 Å². The van der Waals surface area contributed by atoms with E-state index in [-0.39, 0.29) is 44.2 Å². The molecular weight excluding hydrogens is 556 g/mol. The van der Waals surface area contributed by atoms with Crippen molar-refractivity contribution in [2.45, 2.75) is 31.8 Å². The summed E-state index contributed by atoms with van der Waals surface area (Å²) in [7, 11) is 0. The van der Waals surface area contributed by atoms with E-state index in [2.05, 4.69) is 64.8 Å². The first-order chi connectivity index (χ1) is 20.3. The monoisotopic (exact) mass is 596 g/mol. The van der Waals surface area contributed by atoms with Crippen molar-refractivity contribution in [1.29, 1.82) is 0 Å². The molecule has 226 valence electrons. The molecule has 2 fully saturated rings. The molecule has 0 spiro atoms. The molecule has 3 N–H and O–H groups in total. The molecular formula is C30H40N6O5S. The molecule has 2 aromatic carbocycles. The fraction of sp³-hybridized carbons (Fsp3) is 0.500. The summed E-state index contributed by atoms with van der Waals surface area (Å²) >= 11 is -1.60. The summed E-state index contributed by atoms with van der Waals surface area (Å²) in [6.07, 6.45) is 6.63. The number of rotatable bonds is 12. The van der Waals surface area contributed by atoms with Crippen molar-refractivity contribution in [2.75, 3.05) is 65.4 Å². The molecule has 0 bridgehead atoms. The molecule has 2 aliphatic heterocycles. The molecule has 2 unspecified atom stereocenters. The number of amides is 2. The zero-order chi connectivity index (χ0) is 30.1. The van der Waals surface area contributed by atoms with Crippen LogP contribution in [0, 0.1) is 12.3 Å². The number of piperazine rings is 1. The molecule has 0 radical (unpaired) electrons. The Morgan fingerprint density at radius 3 is 2.43 bits per heavy atom. The number of terminal acetylenes is 1. The third-order valence-electron chi connectivity index (χ3n) is 7.97. The van der Waals surface area contributed by atoms with E-state index in [1.807, 2.05) is 11.0 Å². The van der Waals surface area contributed by atoms with E-state index in [9.17, 15) is 18.9 Å². The van der Waals surface area contributed by atoms with Crippen molar-refractivity contribution in [3.63, 3.8) is 0 Å². The van der Waals surface area contributed by atoms with Crippen LogP contribution in [0.1, 0.15) is 31.4 Å². The summed E-state index contributed by atoms with van der Waals surface area (Å²) in [5.41, 5.74) is 1.27. The molecule has 2 amide bonds. The third kappa shape index (κ3) is 8.44. The molecule has 12 heteroatoms. The Kier molecular flexibility index (Phi) is 11.6. The maximum absolute atomic E-state index is 13.9. The van der Waals surface area contributed by atoms with Gasteiger partial charge in [-0.15, -0.1) is 10.7 Å². The second-order valence-electron chi connectivity index (χ2n) is 10.7. The van der Waals surface area contributed by atoms with Gasteiger partial charge in [-0.3, -0.25) is 24.2 Å². The van der Waals surface area contributed by atoms with E-state index in [1.165, 1.54) is 16.3 Å². The molecule has 2 heterocycles.